The molecule has 40 heavy (non-hydrogen) atoms. The van der Waals surface area contributed by atoms with Crippen LogP contribution in [0, 0.1) is 0 Å². The lowest BCUT2D eigenvalue weighted by Crippen LogP contribution is -2.38. The highest BCUT2D eigenvalue weighted by atomic mass is 32.2. The van der Waals surface area contributed by atoms with Crippen molar-refractivity contribution in [2.24, 2.45) is 0 Å². The minimum absolute atomic E-state index is 0.0904. The van der Waals surface area contributed by atoms with Crippen molar-refractivity contribution in [3.05, 3.63) is 71.8 Å². The molecule has 1 amide bonds. The van der Waals surface area contributed by atoms with Gasteiger partial charge >= 0.3 is 5.97 Å². The summed E-state index contributed by atoms with van der Waals surface area (Å²) in [4.78, 5) is 36.9. The first-order chi connectivity index (χ1) is 18.9. The third-order valence-corrected chi connectivity index (χ3v) is 8.07. The van der Waals surface area contributed by atoms with Crippen LogP contribution in [0.15, 0.2) is 65.6 Å². The molecule has 0 saturated carbocycles. The monoisotopic (exact) mass is 569 g/mol. The maximum absolute atomic E-state index is 13.3. The van der Waals surface area contributed by atoms with E-state index in [0.717, 1.165) is 16.3 Å². The Morgan fingerprint density at radius 2 is 1.75 bits per heavy atom. The van der Waals surface area contributed by atoms with Crippen molar-refractivity contribution in [3.63, 3.8) is 0 Å². The number of sulfonamides is 1. The van der Waals surface area contributed by atoms with Gasteiger partial charge in [0.25, 0.3) is 5.91 Å². The molecule has 3 aromatic carbocycles. The van der Waals surface area contributed by atoms with Gasteiger partial charge in [-0.05, 0) is 55.6 Å². The molecule has 0 aliphatic carbocycles. The molecule has 0 aromatic heterocycles. The highest BCUT2D eigenvalue weighted by Crippen LogP contribution is 2.33. The smallest absolute Gasteiger partial charge is 0.305 e. The SMILES string of the molecule is C[C@H](c1cccc2ccccc12)[C@@H](C)Oc1cc(C(=O)NCCN(C)C)ccc1S(=O)(=O)NC(C=O)CC(=O)O. The summed E-state index contributed by atoms with van der Waals surface area (Å²) >= 11 is 0. The van der Waals surface area contributed by atoms with Crippen molar-refractivity contribution in [3.8, 4) is 5.75 Å². The lowest BCUT2D eigenvalue weighted by Gasteiger charge is -2.25. The van der Waals surface area contributed by atoms with Crippen molar-refractivity contribution in [2.75, 3.05) is 27.2 Å². The van der Waals surface area contributed by atoms with E-state index in [0.29, 0.717) is 13.1 Å². The molecule has 0 saturated heterocycles. The van der Waals surface area contributed by atoms with Crippen LogP contribution in [0.3, 0.4) is 0 Å². The Morgan fingerprint density at radius 1 is 1.05 bits per heavy atom. The predicted octanol–water partition coefficient (Wildman–Crippen LogP) is 3.02. The van der Waals surface area contributed by atoms with Gasteiger partial charge in [-0.3, -0.25) is 9.59 Å². The number of hydrogen-bond acceptors (Lipinski definition) is 7. The van der Waals surface area contributed by atoms with Crippen LogP contribution in [0.25, 0.3) is 10.8 Å². The average Bonchev–Trinajstić information content (AvgIpc) is 2.91. The number of likely N-dealkylation sites (N-methyl/N-ethyl adjacent to an activating group) is 1. The Morgan fingerprint density at radius 3 is 2.42 bits per heavy atom. The number of aliphatic carboxylic acids is 1. The van der Waals surface area contributed by atoms with Gasteiger partial charge < -0.3 is 24.9 Å². The highest BCUT2D eigenvalue weighted by Gasteiger charge is 2.28. The van der Waals surface area contributed by atoms with E-state index in [1.807, 2.05) is 68.4 Å². The van der Waals surface area contributed by atoms with Gasteiger partial charge in [0.05, 0.1) is 12.5 Å². The van der Waals surface area contributed by atoms with Crippen LogP contribution in [0.4, 0.5) is 0 Å². The van der Waals surface area contributed by atoms with Crippen LogP contribution in [0.1, 0.15) is 42.1 Å². The second-order valence-electron chi connectivity index (χ2n) is 9.86. The summed E-state index contributed by atoms with van der Waals surface area (Å²) < 4.78 is 34.9. The zero-order valence-electron chi connectivity index (χ0n) is 23.0. The Kier molecular flexibility index (Phi) is 10.4. The van der Waals surface area contributed by atoms with Crippen molar-refractivity contribution in [2.45, 2.75) is 43.2 Å². The molecule has 10 nitrogen and oxygen atoms in total. The second kappa shape index (κ2) is 13.5. The lowest BCUT2D eigenvalue weighted by molar-refractivity contribution is -0.138. The fraction of sp³-hybridized carbons (Fsp3) is 0.345. The normalized spacial score (nSPS) is 13.9. The Balaban J connectivity index is 1.97. The fourth-order valence-electron chi connectivity index (χ4n) is 4.23. The summed E-state index contributed by atoms with van der Waals surface area (Å²) in [5.74, 6) is -2.01. The number of carbonyl (C=O) groups excluding carboxylic acids is 2. The van der Waals surface area contributed by atoms with Crippen molar-refractivity contribution < 1.29 is 32.6 Å². The van der Waals surface area contributed by atoms with Crippen LogP contribution in [-0.2, 0) is 19.6 Å². The van der Waals surface area contributed by atoms with Crippen LogP contribution < -0.4 is 14.8 Å². The van der Waals surface area contributed by atoms with E-state index < -0.39 is 40.5 Å². The molecular formula is C29H35N3O7S. The summed E-state index contributed by atoms with van der Waals surface area (Å²) in [6.07, 6.45) is -1.03. The molecule has 214 valence electrons. The molecule has 0 heterocycles. The zero-order chi connectivity index (χ0) is 29.4. The summed E-state index contributed by atoms with van der Waals surface area (Å²) in [7, 11) is -0.647. The summed E-state index contributed by atoms with van der Waals surface area (Å²) in [6, 6.07) is 16.3. The van der Waals surface area contributed by atoms with E-state index in [2.05, 4.69) is 10.0 Å². The highest BCUT2D eigenvalue weighted by molar-refractivity contribution is 7.89. The fourth-order valence-corrected chi connectivity index (χ4v) is 5.51. The van der Waals surface area contributed by atoms with Crippen molar-refractivity contribution in [1.82, 2.24) is 14.9 Å². The van der Waals surface area contributed by atoms with Crippen LogP contribution >= 0.6 is 0 Å². The number of benzene rings is 3. The first-order valence-electron chi connectivity index (χ1n) is 12.8. The number of nitrogens with one attached hydrogen (secondary N) is 2. The number of carboxylic acid groups (broad SMARTS) is 1. The first-order valence-corrected chi connectivity index (χ1v) is 14.3. The molecule has 3 aromatic rings. The quantitative estimate of drug-likeness (QED) is 0.252. The molecule has 3 rings (SSSR count). The molecule has 0 aliphatic heterocycles. The van der Waals surface area contributed by atoms with E-state index in [4.69, 9.17) is 9.84 Å². The third kappa shape index (κ3) is 7.87. The predicted molar refractivity (Wildman–Crippen MR) is 152 cm³/mol. The zero-order valence-corrected chi connectivity index (χ0v) is 23.8. The molecule has 3 atom stereocenters. The number of carboxylic acids is 1. The number of aldehydes is 1. The molecule has 0 spiro atoms. The first kappa shape index (κ1) is 30.7. The van der Waals surface area contributed by atoms with Crippen LogP contribution in [0.2, 0.25) is 0 Å². The van der Waals surface area contributed by atoms with Crippen LogP contribution in [0.5, 0.6) is 5.75 Å². The number of ether oxygens (including phenoxy) is 1. The van der Waals surface area contributed by atoms with Gasteiger partial charge in [0.1, 0.15) is 23.0 Å². The van der Waals surface area contributed by atoms with Crippen molar-refractivity contribution >= 4 is 39.0 Å². The molecule has 0 aliphatic rings. The maximum atomic E-state index is 13.3. The summed E-state index contributed by atoms with van der Waals surface area (Å²) in [5, 5.41) is 13.9. The van der Waals surface area contributed by atoms with Gasteiger partial charge in [-0.25, -0.2) is 13.1 Å². The maximum Gasteiger partial charge on any atom is 0.305 e. The topological polar surface area (TPSA) is 142 Å². The second-order valence-corrected chi connectivity index (χ2v) is 11.5. The number of rotatable bonds is 14. The van der Waals surface area contributed by atoms with Gasteiger partial charge in [-0.1, -0.05) is 49.4 Å². The summed E-state index contributed by atoms with van der Waals surface area (Å²) in [5.41, 5.74) is 1.20. The van der Waals surface area contributed by atoms with Crippen molar-refractivity contribution in [1.29, 1.82) is 0 Å². The standard InChI is InChI=1S/C29H35N3O7S/c1-19(24-11-7-9-21-8-5-6-10-25(21)24)20(2)39-26-16-22(29(36)30-14-15-32(3)4)12-13-27(26)40(37,38)31-23(18-33)17-28(34)35/h5-13,16,18-20,23,31H,14-15,17H2,1-4H3,(H,30,36)(H,34,35)/t19-,20+,23?/m0/s1. The van der Waals surface area contributed by atoms with Crippen LogP contribution in [-0.4, -0.2) is 75.9 Å². The molecule has 1 unspecified atom stereocenters. The number of amides is 1. The van der Waals surface area contributed by atoms with Gasteiger partial charge in [0.2, 0.25) is 10.0 Å². The minimum atomic E-state index is -4.40. The third-order valence-electron chi connectivity index (χ3n) is 6.54. The minimum Gasteiger partial charge on any atom is -0.489 e. The van der Waals surface area contributed by atoms with Gasteiger partial charge in [-0.15, -0.1) is 0 Å². The number of hydrogen-bond donors (Lipinski definition) is 3. The van der Waals surface area contributed by atoms with Gasteiger partial charge in [-0.2, -0.15) is 0 Å². The van der Waals surface area contributed by atoms with E-state index in [-0.39, 0.29) is 28.4 Å². The number of nitrogens with zero attached hydrogens (tertiary/aromatic N) is 1. The van der Waals surface area contributed by atoms with E-state index in [1.54, 1.807) is 6.92 Å². The Bertz CT molecular complexity index is 1470. The molecule has 0 radical (unpaired) electrons. The summed E-state index contributed by atoms with van der Waals surface area (Å²) in [6.45, 7) is 4.76. The molecule has 11 heteroatoms. The Hall–Kier alpha value is -3.80. The number of carbonyl (C=O) groups is 3. The van der Waals surface area contributed by atoms with E-state index >= 15 is 0 Å². The average molecular weight is 570 g/mol. The molecule has 3 N–H and O–H groups in total. The van der Waals surface area contributed by atoms with Gasteiger partial charge in [0.15, 0.2) is 0 Å². The van der Waals surface area contributed by atoms with Gasteiger partial charge in [0, 0.05) is 24.6 Å². The lowest BCUT2D eigenvalue weighted by atomic mass is 9.91. The Labute approximate surface area is 234 Å². The molecule has 0 fully saturated rings. The molecular weight excluding hydrogens is 534 g/mol. The van der Waals surface area contributed by atoms with E-state index in [1.165, 1.54) is 18.2 Å². The largest absolute Gasteiger partial charge is 0.489 e. The van der Waals surface area contributed by atoms with E-state index in [9.17, 15) is 22.8 Å². The molecule has 0 bridgehead atoms. The number of fused-ring (bicyclic) bond motifs is 1.